The molecule has 1 saturated carbocycles. The zero-order valence-electron chi connectivity index (χ0n) is 13.5. The summed E-state index contributed by atoms with van der Waals surface area (Å²) in [5.74, 6) is -0.184. The second kappa shape index (κ2) is 7.72. The maximum atomic E-state index is 12.2. The molecule has 1 saturated heterocycles. The second-order valence-electron chi connectivity index (χ2n) is 6.40. The Kier molecular flexibility index (Phi) is 5.42. The van der Waals surface area contributed by atoms with Gasteiger partial charge >= 0.3 is 0 Å². The summed E-state index contributed by atoms with van der Waals surface area (Å²) < 4.78 is 5.54. The Morgan fingerprint density at radius 2 is 1.96 bits per heavy atom. The van der Waals surface area contributed by atoms with E-state index in [9.17, 15) is 14.7 Å². The van der Waals surface area contributed by atoms with Gasteiger partial charge in [-0.1, -0.05) is 12.8 Å². The van der Waals surface area contributed by atoms with Crippen LogP contribution >= 0.6 is 0 Å². The number of aliphatic hydroxyl groups excluding tert-OH is 1. The van der Waals surface area contributed by atoms with Gasteiger partial charge in [-0.25, -0.2) is 0 Å². The number of aliphatic hydroxyl groups is 1. The molecule has 0 unspecified atom stereocenters. The van der Waals surface area contributed by atoms with E-state index in [0.717, 1.165) is 25.7 Å². The molecule has 0 aromatic carbocycles. The zero-order chi connectivity index (χ0) is 16.9. The number of aromatic nitrogens is 1. The summed E-state index contributed by atoms with van der Waals surface area (Å²) in [6.45, 7) is 0.452. The molecule has 130 valence electrons. The van der Waals surface area contributed by atoms with E-state index >= 15 is 0 Å². The first-order valence-corrected chi connectivity index (χ1v) is 8.43. The van der Waals surface area contributed by atoms with Crippen molar-refractivity contribution in [1.82, 2.24) is 15.6 Å². The molecule has 7 nitrogen and oxygen atoms in total. The minimum Gasteiger partial charge on any atom is -0.388 e. The van der Waals surface area contributed by atoms with E-state index in [4.69, 9.17) is 4.74 Å². The average Bonchev–Trinajstić information content (AvgIpc) is 3.25. The third-order valence-corrected chi connectivity index (χ3v) is 4.74. The maximum absolute atomic E-state index is 12.2. The van der Waals surface area contributed by atoms with Crippen LogP contribution in [-0.4, -0.2) is 53.3 Å². The van der Waals surface area contributed by atoms with Gasteiger partial charge in [0.05, 0.1) is 12.6 Å². The Morgan fingerprint density at radius 3 is 2.67 bits per heavy atom. The van der Waals surface area contributed by atoms with Gasteiger partial charge in [-0.05, 0) is 25.0 Å². The van der Waals surface area contributed by atoms with Crippen molar-refractivity contribution in [2.24, 2.45) is 5.92 Å². The second-order valence-corrected chi connectivity index (χ2v) is 6.40. The number of carbonyl (C=O) groups is 2. The molecule has 2 fully saturated rings. The van der Waals surface area contributed by atoms with E-state index in [-0.39, 0.29) is 30.9 Å². The molecule has 0 spiro atoms. The summed E-state index contributed by atoms with van der Waals surface area (Å²) in [7, 11) is 0. The van der Waals surface area contributed by atoms with Crippen molar-refractivity contribution in [3.63, 3.8) is 0 Å². The first kappa shape index (κ1) is 16.9. The topological polar surface area (TPSA) is 101 Å². The number of hydrogen-bond donors (Lipinski definition) is 3. The smallest absolute Gasteiger partial charge is 0.251 e. The van der Waals surface area contributed by atoms with E-state index in [1.54, 1.807) is 24.5 Å². The number of ether oxygens (including phenoxy) is 1. The first-order chi connectivity index (χ1) is 11.6. The molecule has 1 aliphatic heterocycles. The normalized spacial score (nSPS) is 27.1. The predicted molar refractivity (Wildman–Crippen MR) is 86.2 cm³/mol. The van der Waals surface area contributed by atoms with E-state index in [1.165, 1.54) is 0 Å². The average molecular weight is 333 g/mol. The van der Waals surface area contributed by atoms with Gasteiger partial charge in [0.1, 0.15) is 12.2 Å². The molecule has 1 aromatic rings. The standard InChI is InChI=1S/C17H23N3O4/c21-15-13(20-17(23)11-3-1-2-4-11)10-24-14(15)9-19-16(22)12-5-7-18-8-6-12/h5-8,11,13-15,21H,1-4,9-10H2,(H,19,22)(H,20,23)/t13-,14-,15+/m1/s1. The van der Waals surface area contributed by atoms with Crippen LogP contribution in [0.25, 0.3) is 0 Å². The highest BCUT2D eigenvalue weighted by Crippen LogP contribution is 2.25. The summed E-state index contributed by atoms with van der Waals surface area (Å²) in [5.41, 5.74) is 0.503. The van der Waals surface area contributed by atoms with Gasteiger partial charge in [0.15, 0.2) is 0 Å². The lowest BCUT2D eigenvalue weighted by atomic mass is 10.0. The molecule has 2 amide bonds. The summed E-state index contributed by atoms with van der Waals surface area (Å²) in [6, 6.07) is 2.82. The van der Waals surface area contributed by atoms with Crippen LogP contribution in [0.2, 0.25) is 0 Å². The molecule has 7 heteroatoms. The number of nitrogens with zero attached hydrogens (tertiary/aromatic N) is 1. The van der Waals surface area contributed by atoms with Crippen molar-refractivity contribution in [3.8, 4) is 0 Å². The van der Waals surface area contributed by atoms with Crippen LogP contribution in [-0.2, 0) is 9.53 Å². The third-order valence-electron chi connectivity index (χ3n) is 4.74. The molecular weight excluding hydrogens is 310 g/mol. The van der Waals surface area contributed by atoms with E-state index in [0.29, 0.717) is 5.56 Å². The van der Waals surface area contributed by atoms with Crippen LogP contribution in [0, 0.1) is 5.92 Å². The van der Waals surface area contributed by atoms with Gasteiger partial charge in [-0.2, -0.15) is 0 Å². The van der Waals surface area contributed by atoms with Crippen molar-refractivity contribution in [3.05, 3.63) is 30.1 Å². The minimum atomic E-state index is -0.826. The van der Waals surface area contributed by atoms with Crippen LogP contribution in [0.15, 0.2) is 24.5 Å². The van der Waals surface area contributed by atoms with Crippen molar-refractivity contribution < 1.29 is 19.4 Å². The zero-order valence-corrected chi connectivity index (χ0v) is 13.5. The predicted octanol–water partition coefficient (Wildman–Crippen LogP) is 0.246. The SMILES string of the molecule is O=C(NC[C@H]1OC[C@@H](NC(=O)C2CCCC2)[C@@H]1O)c1ccncc1. The number of pyridine rings is 1. The lowest BCUT2D eigenvalue weighted by Crippen LogP contribution is -2.48. The van der Waals surface area contributed by atoms with Gasteiger partial charge in [0.25, 0.3) is 5.91 Å². The van der Waals surface area contributed by atoms with Crippen LogP contribution in [0.3, 0.4) is 0 Å². The van der Waals surface area contributed by atoms with Crippen molar-refractivity contribution in [2.45, 2.75) is 43.9 Å². The lowest BCUT2D eigenvalue weighted by molar-refractivity contribution is -0.126. The van der Waals surface area contributed by atoms with Gasteiger partial charge < -0.3 is 20.5 Å². The molecule has 2 heterocycles. The van der Waals surface area contributed by atoms with Gasteiger partial charge in [-0.3, -0.25) is 14.6 Å². The molecule has 3 rings (SSSR count). The fraction of sp³-hybridized carbons (Fsp3) is 0.588. The van der Waals surface area contributed by atoms with Gasteiger partial charge in [0, 0.05) is 30.4 Å². The molecule has 2 aliphatic rings. The maximum Gasteiger partial charge on any atom is 0.251 e. The lowest BCUT2D eigenvalue weighted by Gasteiger charge is -2.20. The quantitative estimate of drug-likeness (QED) is 0.717. The first-order valence-electron chi connectivity index (χ1n) is 8.43. The number of hydrogen-bond acceptors (Lipinski definition) is 5. The molecule has 24 heavy (non-hydrogen) atoms. The fourth-order valence-corrected chi connectivity index (χ4v) is 3.28. The minimum absolute atomic E-state index is 0.00150. The fourth-order valence-electron chi connectivity index (χ4n) is 3.28. The molecule has 3 N–H and O–H groups in total. The van der Waals surface area contributed by atoms with E-state index < -0.39 is 18.2 Å². The highest BCUT2D eigenvalue weighted by molar-refractivity contribution is 5.93. The Bertz CT molecular complexity index is 574. The number of rotatable bonds is 5. The summed E-state index contributed by atoms with van der Waals surface area (Å²) in [6.07, 6.45) is 5.76. The van der Waals surface area contributed by atoms with Gasteiger partial charge in [0.2, 0.25) is 5.91 Å². The van der Waals surface area contributed by atoms with Crippen molar-refractivity contribution in [1.29, 1.82) is 0 Å². The third kappa shape index (κ3) is 3.91. The van der Waals surface area contributed by atoms with Crippen LogP contribution in [0.4, 0.5) is 0 Å². The van der Waals surface area contributed by atoms with Gasteiger partial charge in [-0.15, -0.1) is 0 Å². The van der Waals surface area contributed by atoms with E-state index in [1.807, 2.05) is 0 Å². The van der Waals surface area contributed by atoms with E-state index in [2.05, 4.69) is 15.6 Å². The monoisotopic (exact) mass is 333 g/mol. The van der Waals surface area contributed by atoms with Crippen LogP contribution in [0.1, 0.15) is 36.0 Å². The molecule has 0 bridgehead atoms. The molecular formula is C17H23N3O4. The molecule has 1 aromatic heterocycles. The van der Waals surface area contributed by atoms with Crippen molar-refractivity contribution in [2.75, 3.05) is 13.2 Å². The van der Waals surface area contributed by atoms with Crippen LogP contribution < -0.4 is 10.6 Å². The summed E-state index contributed by atoms with van der Waals surface area (Å²) >= 11 is 0. The number of nitrogens with one attached hydrogen (secondary N) is 2. The van der Waals surface area contributed by atoms with Crippen LogP contribution in [0.5, 0.6) is 0 Å². The Morgan fingerprint density at radius 1 is 1.25 bits per heavy atom. The highest BCUT2D eigenvalue weighted by atomic mass is 16.5. The summed E-state index contributed by atoms with van der Waals surface area (Å²) in [4.78, 5) is 28.0. The number of amides is 2. The largest absolute Gasteiger partial charge is 0.388 e. The Balaban J connectivity index is 1.46. The Hall–Kier alpha value is -1.99. The molecule has 3 atom stereocenters. The summed E-state index contributed by atoms with van der Waals surface area (Å²) in [5, 5.41) is 15.9. The number of carbonyl (C=O) groups excluding carboxylic acids is 2. The molecule has 1 aliphatic carbocycles. The van der Waals surface area contributed by atoms with Crippen molar-refractivity contribution >= 4 is 11.8 Å². The Labute approximate surface area is 140 Å². The molecule has 0 radical (unpaired) electrons. The highest BCUT2D eigenvalue weighted by Gasteiger charge is 2.38.